The fourth-order valence-corrected chi connectivity index (χ4v) is 2.79. The van der Waals surface area contributed by atoms with E-state index in [1.807, 2.05) is 18.6 Å². The lowest BCUT2D eigenvalue weighted by atomic mass is 10.1. The highest BCUT2D eigenvalue weighted by atomic mass is 16.5. The zero-order valence-electron chi connectivity index (χ0n) is 12.0. The summed E-state index contributed by atoms with van der Waals surface area (Å²) in [6.07, 6.45) is 6.97. The third-order valence-electron chi connectivity index (χ3n) is 3.80. The Morgan fingerprint density at radius 3 is 3.15 bits per heavy atom. The molecule has 3 rings (SSSR count). The number of nitrogens with one attached hydrogen (secondary N) is 2. The molecule has 0 amide bonds. The van der Waals surface area contributed by atoms with Crippen LogP contribution in [0.1, 0.15) is 43.7 Å². The van der Waals surface area contributed by atoms with E-state index in [0.717, 1.165) is 19.6 Å². The molecule has 0 aromatic carbocycles. The van der Waals surface area contributed by atoms with E-state index in [1.54, 1.807) is 0 Å². The van der Waals surface area contributed by atoms with Crippen molar-refractivity contribution >= 4 is 0 Å². The van der Waals surface area contributed by atoms with Crippen molar-refractivity contribution in [2.45, 2.75) is 45.0 Å². The van der Waals surface area contributed by atoms with Gasteiger partial charge in [0.05, 0.1) is 5.69 Å². The van der Waals surface area contributed by atoms with E-state index in [9.17, 15) is 0 Å². The summed E-state index contributed by atoms with van der Waals surface area (Å²) < 4.78 is 8.00. The van der Waals surface area contributed by atoms with Crippen LogP contribution in [-0.2, 0) is 11.3 Å². The van der Waals surface area contributed by atoms with E-state index in [-0.39, 0.29) is 6.10 Å². The third kappa shape index (κ3) is 2.64. The number of hydrogen-bond donors (Lipinski definition) is 2. The van der Waals surface area contributed by atoms with E-state index in [4.69, 9.17) is 4.74 Å². The lowest BCUT2D eigenvalue weighted by Crippen LogP contribution is -2.32. The summed E-state index contributed by atoms with van der Waals surface area (Å²) in [6, 6.07) is 4.87. The van der Waals surface area contributed by atoms with Crippen molar-refractivity contribution in [1.29, 1.82) is 0 Å². The minimum Gasteiger partial charge on any atom is -0.370 e. The number of aromatic nitrogens is 3. The fraction of sp³-hybridized carbons (Fsp3) is 0.533. The molecule has 108 valence electrons. The summed E-state index contributed by atoms with van der Waals surface area (Å²) in [5.74, 6) is 0. The number of nitrogens with zero attached hydrogens (tertiary/aromatic N) is 2. The first-order chi connectivity index (χ1) is 9.75. The molecule has 2 aromatic rings. The molecule has 2 atom stereocenters. The molecule has 0 radical (unpaired) electrons. The van der Waals surface area contributed by atoms with E-state index >= 15 is 0 Å². The molecular weight excluding hydrogens is 252 g/mol. The smallest absolute Gasteiger partial charge is 0.114 e. The number of rotatable bonds is 5. The third-order valence-corrected chi connectivity index (χ3v) is 3.80. The van der Waals surface area contributed by atoms with E-state index < -0.39 is 0 Å². The van der Waals surface area contributed by atoms with Gasteiger partial charge in [-0.3, -0.25) is 4.68 Å². The molecule has 2 aromatic heterocycles. The standard InChI is InChI=1S/C15H22N4O/c1-11(2)19-14(4-7-18-19)15-13(5-8-20-15)17-10-12-3-6-16-9-12/h3-4,6-7,9,11,13,15-17H,5,8,10H2,1-2H3/t13-,15-/m0/s1. The topological polar surface area (TPSA) is 54.9 Å². The molecular formula is C15H22N4O. The highest BCUT2D eigenvalue weighted by Crippen LogP contribution is 2.30. The predicted molar refractivity (Wildman–Crippen MR) is 77.3 cm³/mol. The van der Waals surface area contributed by atoms with Crippen molar-refractivity contribution in [3.05, 3.63) is 42.0 Å². The second-order valence-electron chi connectivity index (χ2n) is 5.58. The largest absolute Gasteiger partial charge is 0.370 e. The van der Waals surface area contributed by atoms with Crippen LogP contribution in [0.25, 0.3) is 0 Å². The molecule has 0 unspecified atom stereocenters. The first-order valence-electron chi connectivity index (χ1n) is 7.26. The van der Waals surface area contributed by atoms with E-state index in [2.05, 4.69) is 46.1 Å². The molecule has 0 spiro atoms. The van der Waals surface area contributed by atoms with Gasteiger partial charge in [-0.25, -0.2) is 0 Å². The van der Waals surface area contributed by atoms with Crippen molar-refractivity contribution in [2.75, 3.05) is 6.61 Å². The Hall–Kier alpha value is -1.59. The molecule has 0 bridgehead atoms. The van der Waals surface area contributed by atoms with Gasteiger partial charge in [0.1, 0.15) is 6.10 Å². The number of ether oxygens (including phenoxy) is 1. The Balaban J connectivity index is 1.70. The highest BCUT2D eigenvalue weighted by molar-refractivity contribution is 5.12. The first kappa shape index (κ1) is 13.4. The van der Waals surface area contributed by atoms with Crippen LogP contribution in [0.5, 0.6) is 0 Å². The molecule has 1 aliphatic rings. The first-order valence-corrected chi connectivity index (χ1v) is 7.26. The Labute approximate surface area is 119 Å². The normalized spacial score (nSPS) is 22.8. The quantitative estimate of drug-likeness (QED) is 0.880. The van der Waals surface area contributed by atoms with Crippen molar-refractivity contribution in [2.24, 2.45) is 0 Å². The Bertz CT molecular complexity index is 532. The number of H-pyrrole nitrogens is 1. The summed E-state index contributed by atoms with van der Waals surface area (Å²) in [5, 5.41) is 8.01. The zero-order valence-corrected chi connectivity index (χ0v) is 12.0. The molecule has 1 fully saturated rings. The van der Waals surface area contributed by atoms with Gasteiger partial charge >= 0.3 is 0 Å². The molecule has 0 saturated carbocycles. The van der Waals surface area contributed by atoms with Gasteiger partial charge in [-0.15, -0.1) is 0 Å². The van der Waals surface area contributed by atoms with Crippen LogP contribution < -0.4 is 5.32 Å². The monoisotopic (exact) mass is 274 g/mol. The van der Waals surface area contributed by atoms with Gasteiger partial charge in [-0.1, -0.05) is 0 Å². The van der Waals surface area contributed by atoms with Gasteiger partial charge in [0.2, 0.25) is 0 Å². The number of hydrogen-bond acceptors (Lipinski definition) is 3. The van der Waals surface area contributed by atoms with Crippen molar-refractivity contribution < 1.29 is 4.74 Å². The van der Waals surface area contributed by atoms with Crippen LogP contribution in [0.2, 0.25) is 0 Å². The van der Waals surface area contributed by atoms with Gasteiger partial charge < -0.3 is 15.0 Å². The Morgan fingerprint density at radius 1 is 1.50 bits per heavy atom. The van der Waals surface area contributed by atoms with E-state index in [1.165, 1.54) is 11.3 Å². The van der Waals surface area contributed by atoms with Gasteiger partial charge in [0.15, 0.2) is 0 Å². The van der Waals surface area contributed by atoms with Gasteiger partial charge in [-0.05, 0) is 38.0 Å². The molecule has 1 aliphatic heterocycles. The zero-order chi connectivity index (χ0) is 13.9. The average molecular weight is 274 g/mol. The molecule has 0 aliphatic carbocycles. The summed E-state index contributed by atoms with van der Waals surface area (Å²) in [5.41, 5.74) is 2.44. The highest BCUT2D eigenvalue weighted by Gasteiger charge is 2.32. The molecule has 3 heterocycles. The van der Waals surface area contributed by atoms with Crippen LogP contribution >= 0.6 is 0 Å². The lowest BCUT2D eigenvalue weighted by molar-refractivity contribution is 0.0899. The predicted octanol–water partition coefficient (Wildman–Crippen LogP) is 2.41. The summed E-state index contributed by atoms with van der Waals surface area (Å²) in [6.45, 7) is 5.96. The van der Waals surface area contributed by atoms with Crippen LogP contribution in [0.3, 0.4) is 0 Å². The van der Waals surface area contributed by atoms with Crippen LogP contribution in [0.4, 0.5) is 0 Å². The summed E-state index contributed by atoms with van der Waals surface area (Å²) in [7, 11) is 0. The summed E-state index contributed by atoms with van der Waals surface area (Å²) in [4.78, 5) is 3.08. The van der Waals surface area contributed by atoms with Gasteiger partial charge in [0, 0.05) is 43.8 Å². The van der Waals surface area contributed by atoms with Crippen molar-refractivity contribution in [3.63, 3.8) is 0 Å². The SMILES string of the molecule is CC(C)n1nccc1[C@H]1OCC[C@@H]1NCc1cc[nH]c1. The average Bonchev–Trinajstić information content (AvgIpc) is 3.16. The Kier molecular flexibility index (Phi) is 3.89. The second kappa shape index (κ2) is 5.81. The molecule has 20 heavy (non-hydrogen) atoms. The van der Waals surface area contributed by atoms with Crippen molar-refractivity contribution in [3.8, 4) is 0 Å². The maximum Gasteiger partial charge on any atom is 0.114 e. The second-order valence-corrected chi connectivity index (χ2v) is 5.58. The van der Waals surface area contributed by atoms with Crippen LogP contribution in [0.15, 0.2) is 30.7 Å². The maximum atomic E-state index is 5.94. The molecule has 1 saturated heterocycles. The van der Waals surface area contributed by atoms with Gasteiger partial charge in [0.25, 0.3) is 0 Å². The number of aromatic amines is 1. The molecule has 5 heteroatoms. The minimum atomic E-state index is 0.0961. The Morgan fingerprint density at radius 2 is 2.40 bits per heavy atom. The van der Waals surface area contributed by atoms with Crippen molar-refractivity contribution in [1.82, 2.24) is 20.1 Å². The van der Waals surface area contributed by atoms with Gasteiger partial charge in [-0.2, -0.15) is 5.10 Å². The minimum absolute atomic E-state index is 0.0961. The van der Waals surface area contributed by atoms with E-state index in [0.29, 0.717) is 12.1 Å². The lowest BCUT2D eigenvalue weighted by Gasteiger charge is -2.22. The van der Waals surface area contributed by atoms with Crippen LogP contribution in [-0.4, -0.2) is 27.4 Å². The summed E-state index contributed by atoms with van der Waals surface area (Å²) >= 11 is 0. The maximum absolute atomic E-state index is 5.94. The fourth-order valence-electron chi connectivity index (χ4n) is 2.79. The molecule has 2 N–H and O–H groups in total. The van der Waals surface area contributed by atoms with Crippen LogP contribution in [0, 0.1) is 0 Å². The molecule has 5 nitrogen and oxygen atoms in total.